The van der Waals surface area contributed by atoms with Crippen molar-refractivity contribution < 1.29 is 4.79 Å². The third kappa shape index (κ3) is 3.82. The molecule has 0 unspecified atom stereocenters. The van der Waals surface area contributed by atoms with Gasteiger partial charge in [0.05, 0.1) is 11.9 Å². The SMILES string of the molecule is NC(=O)c1ccc(-c2cnc(Nc3ccc(N4CCCCC4)cc3)c3nccn23)cc1. The molecule has 156 valence electrons. The summed E-state index contributed by atoms with van der Waals surface area (Å²) < 4.78 is 1.98. The van der Waals surface area contributed by atoms with Crippen LogP contribution in [0.25, 0.3) is 16.9 Å². The van der Waals surface area contributed by atoms with Crippen LogP contribution in [-0.4, -0.2) is 33.4 Å². The lowest BCUT2D eigenvalue weighted by molar-refractivity contribution is 0.100. The van der Waals surface area contributed by atoms with Crippen LogP contribution in [-0.2, 0) is 0 Å². The maximum atomic E-state index is 11.3. The van der Waals surface area contributed by atoms with Crippen molar-refractivity contribution in [3.63, 3.8) is 0 Å². The van der Waals surface area contributed by atoms with Crippen LogP contribution in [0.2, 0.25) is 0 Å². The number of piperidine rings is 1. The number of primary amides is 1. The molecule has 0 saturated carbocycles. The molecule has 0 bridgehead atoms. The minimum atomic E-state index is -0.441. The van der Waals surface area contributed by atoms with Crippen molar-refractivity contribution in [2.45, 2.75) is 19.3 Å². The molecule has 0 spiro atoms. The number of benzene rings is 2. The second kappa shape index (κ2) is 8.10. The van der Waals surface area contributed by atoms with E-state index in [-0.39, 0.29) is 0 Å². The zero-order valence-electron chi connectivity index (χ0n) is 17.2. The Morgan fingerprint density at radius 1 is 0.935 bits per heavy atom. The van der Waals surface area contributed by atoms with Gasteiger partial charge in [0, 0.05) is 48.0 Å². The topological polar surface area (TPSA) is 88.5 Å². The molecule has 2 aromatic heterocycles. The van der Waals surface area contributed by atoms with Gasteiger partial charge in [0.15, 0.2) is 11.5 Å². The van der Waals surface area contributed by atoms with E-state index in [1.165, 1.54) is 24.9 Å². The standard InChI is InChI=1S/C24H24N6O/c25-22(31)18-6-4-17(5-7-18)21-16-27-23(24-26-12-15-30(21)24)28-19-8-10-20(11-9-19)29-13-2-1-3-14-29/h4-12,15-16H,1-3,13-14H2,(H2,25,31)(H,27,28). The van der Waals surface area contributed by atoms with Crippen LogP contribution in [0.4, 0.5) is 17.2 Å². The molecule has 0 radical (unpaired) electrons. The average molecular weight is 412 g/mol. The lowest BCUT2D eigenvalue weighted by atomic mass is 10.1. The fourth-order valence-electron chi connectivity index (χ4n) is 4.07. The van der Waals surface area contributed by atoms with Crippen LogP contribution in [0.1, 0.15) is 29.6 Å². The molecule has 3 heterocycles. The van der Waals surface area contributed by atoms with Crippen LogP contribution in [0.15, 0.2) is 67.1 Å². The lowest BCUT2D eigenvalue weighted by Crippen LogP contribution is -2.29. The molecular formula is C24H24N6O. The van der Waals surface area contributed by atoms with Gasteiger partial charge >= 0.3 is 0 Å². The molecule has 1 fully saturated rings. The van der Waals surface area contributed by atoms with E-state index in [1.54, 1.807) is 24.5 Å². The van der Waals surface area contributed by atoms with E-state index in [0.29, 0.717) is 11.4 Å². The minimum absolute atomic E-state index is 0.441. The van der Waals surface area contributed by atoms with Gasteiger partial charge in [0.2, 0.25) is 5.91 Å². The molecular weight excluding hydrogens is 388 g/mol. The molecule has 3 N–H and O–H groups in total. The van der Waals surface area contributed by atoms with E-state index in [9.17, 15) is 4.79 Å². The van der Waals surface area contributed by atoms with E-state index >= 15 is 0 Å². The molecule has 31 heavy (non-hydrogen) atoms. The first-order valence-electron chi connectivity index (χ1n) is 10.5. The number of hydrogen-bond donors (Lipinski definition) is 2. The number of nitrogens with one attached hydrogen (secondary N) is 1. The number of fused-ring (bicyclic) bond motifs is 1. The second-order valence-corrected chi connectivity index (χ2v) is 7.77. The first kappa shape index (κ1) is 19.1. The van der Waals surface area contributed by atoms with Gasteiger partial charge in [-0.3, -0.25) is 9.20 Å². The Bertz CT molecular complexity index is 1210. The van der Waals surface area contributed by atoms with Gasteiger partial charge in [-0.15, -0.1) is 0 Å². The van der Waals surface area contributed by atoms with Crippen molar-refractivity contribution in [3.05, 3.63) is 72.7 Å². The van der Waals surface area contributed by atoms with Crippen LogP contribution < -0.4 is 16.0 Å². The molecule has 1 saturated heterocycles. The van der Waals surface area contributed by atoms with Gasteiger partial charge in [0.25, 0.3) is 0 Å². The number of amides is 1. The number of rotatable bonds is 5. The first-order valence-corrected chi connectivity index (χ1v) is 10.5. The summed E-state index contributed by atoms with van der Waals surface area (Å²) in [5, 5.41) is 3.39. The van der Waals surface area contributed by atoms with Crippen molar-refractivity contribution in [2.24, 2.45) is 5.73 Å². The Balaban J connectivity index is 1.40. The number of hydrogen-bond acceptors (Lipinski definition) is 5. The molecule has 1 amide bonds. The van der Waals surface area contributed by atoms with Crippen molar-refractivity contribution in [3.8, 4) is 11.3 Å². The van der Waals surface area contributed by atoms with E-state index in [2.05, 4.69) is 44.5 Å². The smallest absolute Gasteiger partial charge is 0.248 e. The Morgan fingerprint density at radius 2 is 1.68 bits per heavy atom. The summed E-state index contributed by atoms with van der Waals surface area (Å²) in [5.74, 6) is 0.247. The number of aromatic nitrogens is 3. The number of anilines is 3. The van der Waals surface area contributed by atoms with Crippen LogP contribution in [0, 0.1) is 0 Å². The van der Waals surface area contributed by atoms with Gasteiger partial charge in [0.1, 0.15) is 0 Å². The van der Waals surface area contributed by atoms with Crippen LogP contribution in [0.5, 0.6) is 0 Å². The monoisotopic (exact) mass is 412 g/mol. The van der Waals surface area contributed by atoms with Gasteiger partial charge < -0.3 is 16.0 Å². The predicted octanol–water partition coefficient (Wildman–Crippen LogP) is 4.23. The van der Waals surface area contributed by atoms with Crippen LogP contribution >= 0.6 is 0 Å². The van der Waals surface area contributed by atoms with E-state index in [4.69, 9.17) is 5.73 Å². The van der Waals surface area contributed by atoms with E-state index < -0.39 is 5.91 Å². The van der Waals surface area contributed by atoms with Crippen molar-refractivity contribution in [1.29, 1.82) is 0 Å². The summed E-state index contributed by atoms with van der Waals surface area (Å²) >= 11 is 0. The molecule has 1 aliphatic rings. The highest BCUT2D eigenvalue weighted by Crippen LogP contribution is 2.27. The van der Waals surface area contributed by atoms with Gasteiger partial charge in [-0.25, -0.2) is 9.97 Å². The summed E-state index contributed by atoms with van der Waals surface area (Å²) in [4.78, 5) is 22.9. The predicted molar refractivity (Wildman–Crippen MR) is 123 cm³/mol. The second-order valence-electron chi connectivity index (χ2n) is 7.77. The number of nitrogens with zero attached hydrogens (tertiary/aromatic N) is 4. The molecule has 1 aliphatic heterocycles. The van der Waals surface area contributed by atoms with Crippen molar-refractivity contribution in [1.82, 2.24) is 14.4 Å². The van der Waals surface area contributed by atoms with Gasteiger partial charge in [-0.1, -0.05) is 12.1 Å². The van der Waals surface area contributed by atoms with Crippen molar-refractivity contribution in [2.75, 3.05) is 23.3 Å². The Morgan fingerprint density at radius 3 is 2.39 bits per heavy atom. The fraction of sp³-hybridized carbons (Fsp3) is 0.208. The van der Waals surface area contributed by atoms with E-state index in [1.807, 2.05) is 22.7 Å². The highest BCUT2D eigenvalue weighted by molar-refractivity contribution is 5.93. The molecule has 7 heteroatoms. The maximum absolute atomic E-state index is 11.3. The summed E-state index contributed by atoms with van der Waals surface area (Å²) in [5.41, 5.74) is 10.6. The summed E-state index contributed by atoms with van der Waals surface area (Å²) in [6, 6.07) is 15.7. The molecule has 0 atom stereocenters. The summed E-state index contributed by atoms with van der Waals surface area (Å²) in [6.45, 7) is 2.26. The number of nitrogens with two attached hydrogens (primary N) is 1. The number of imidazole rings is 1. The number of carbonyl (C=O) groups is 1. The highest BCUT2D eigenvalue weighted by atomic mass is 16.1. The Kier molecular flexibility index (Phi) is 5.00. The number of carbonyl (C=O) groups excluding carboxylic acids is 1. The highest BCUT2D eigenvalue weighted by Gasteiger charge is 2.13. The molecule has 5 rings (SSSR count). The zero-order valence-corrected chi connectivity index (χ0v) is 17.2. The third-order valence-electron chi connectivity index (χ3n) is 5.74. The largest absolute Gasteiger partial charge is 0.372 e. The summed E-state index contributed by atoms with van der Waals surface area (Å²) in [7, 11) is 0. The van der Waals surface area contributed by atoms with Crippen molar-refractivity contribution >= 4 is 28.7 Å². The quantitative estimate of drug-likeness (QED) is 0.512. The Hall–Kier alpha value is -3.87. The third-order valence-corrected chi connectivity index (χ3v) is 5.74. The minimum Gasteiger partial charge on any atom is -0.372 e. The lowest BCUT2D eigenvalue weighted by Gasteiger charge is -2.28. The van der Waals surface area contributed by atoms with E-state index in [0.717, 1.165) is 35.7 Å². The fourth-order valence-corrected chi connectivity index (χ4v) is 4.07. The first-order chi connectivity index (χ1) is 15.2. The van der Waals surface area contributed by atoms with Gasteiger partial charge in [-0.2, -0.15) is 0 Å². The normalized spacial score (nSPS) is 14.0. The molecule has 2 aromatic carbocycles. The zero-order chi connectivity index (χ0) is 21.2. The molecule has 4 aromatic rings. The Labute approximate surface area is 180 Å². The maximum Gasteiger partial charge on any atom is 0.248 e. The average Bonchev–Trinajstić information content (AvgIpc) is 3.31. The van der Waals surface area contributed by atoms with Gasteiger partial charge in [-0.05, 0) is 55.7 Å². The van der Waals surface area contributed by atoms with Crippen LogP contribution in [0.3, 0.4) is 0 Å². The molecule has 0 aliphatic carbocycles. The molecule has 7 nitrogen and oxygen atoms in total. The summed E-state index contributed by atoms with van der Waals surface area (Å²) in [6.07, 6.45) is 9.31.